The number of imidazole rings is 1. The number of aromatic nitrogens is 3. The summed E-state index contributed by atoms with van der Waals surface area (Å²) in [4.78, 5) is 24.1. The summed E-state index contributed by atoms with van der Waals surface area (Å²) >= 11 is 6.37. The molecule has 1 aliphatic heterocycles. The van der Waals surface area contributed by atoms with Crippen LogP contribution in [0.15, 0.2) is 54.7 Å². The van der Waals surface area contributed by atoms with Crippen molar-refractivity contribution < 1.29 is 14.3 Å². The third-order valence-electron chi connectivity index (χ3n) is 7.16. The van der Waals surface area contributed by atoms with Gasteiger partial charge in [-0.25, -0.2) is 4.98 Å². The number of Topliss-reactive ketones (excluding diaryl/α,β-unsaturated/α-hetero) is 1. The molecule has 1 N–H and O–H groups in total. The van der Waals surface area contributed by atoms with Crippen LogP contribution in [0.5, 0.6) is 11.5 Å². The third-order valence-corrected chi connectivity index (χ3v) is 7.51. The van der Waals surface area contributed by atoms with Gasteiger partial charge in [-0.3, -0.25) is 14.7 Å². The zero-order chi connectivity index (χ0) is 28.1. The number of nitrogens with zero attached hydrogens (tertiary/aromatic N) is 4. The summed E-state index contributed by atoms with van der Waals surface area (Å²) in [6.07, 6.45) is 3.39. The van der Waals surface area contributed by atoms with Crippen molar-refractivity contribution in [3.8, 4) is 11.5 Å². The summed E-state index contributed by atoms with van der Waals surface area (Å²) in [7, 11) is 1.98. The van der Waals surface area contributed by atoms with E-state index in [4.69, 9.17) is 26.1 Å². The monoisotopic (exact) mass is 561 g/mol. The molecule has 5 rings (SSSR count). The van der Waals surface area contributed by atoms with Crippen molar-refractivity contribution in [2.45, 2.75) is 39.0 Å². The Morgan fingerprint density at radius 1 is 1.10 bits per heavy atom. The molecule has 0 bridgehead atoms. The molecular weight excluding hydrogens is 526 g/mol. The molecule has 0 aliphatic carbocycles. The first kappa shape index (κ1) is 28.1. The quantitative estimate of drug-likeness (QED) is 0.224. The predicted octanol–water partition coefficient (Wildman–Crippen LogP) is 6.51. The molecule has 2 aromatic carbocycles. The molecule has 8 nitrogen and oxygen atoms in total. The molecule has 1 fully saturated rings. The van der Waals surface area contributed by atoms with Crippen molar-refractivity contribution in [1.82, 2.24) is 19.4 Å². The minimum absolute atomic E-state index is 0.189. The van der Waals surface area contributed by atoms with Crippen molar-refractivity contribution in [3.05, 3.63) is 71.0 Å². The number of ether oxygens (including phenoxy) is 2. The van der Waals surface area contributed by atoms with Crippen LogP contribution in [0, 0.1) is 0 Å². The van der Waals surface area contributed by atoms with Crippen LogP contribution in [0.2, 0.25) is 5.02 Å². The summed E-state index contributed by atoms with van der Waals surface area (Å²) in [5.41, 5.74) is 4.52. The fourth-order valence-electron chi connectivity index (χ4n) is 4.92. The van der Waals surface area contributed by atoms with Crippen LogP contribution in [0.25, 0.3) is 11.0 Å². The first-order valence-electron chi connectivity index (χ1n) is 13.8. The Hall–Kier alpha value is -3.46. The molecule has 1 aliphatic rings. The highest BCUT2D eigenvalue weighted by Gasteiger charge is 2.14. The summed E-state index contributed by atoms with van der Waals surface area (Å²) < 4.78 is 13.5. The zero-order valence-corrected chi connectivity index (χ0v) is 24.1. The Morgan fingerprint density at radius 2 is 1.90 bits per heavy atom. The van der Waals surface area contributed by atoms with Gasteiger partial charge in [0, 0.05) is 62.0 Å². The lowest BCUT2D eigenvalue weighted by molar-refractivity contribution is -0.118. The summed E-state index contributed by atoms with van der Waals surface area (Å²) in [6, 6.07) is 15.4. The van der Waals surface area contributed by atoms with Crippen LogP contribution in [0.1, 0.15) is 43.9 Å². The first-order chi connectivity index (χ1) is 19.4. The number of ketones is 1. The third kappa shape index (κ3) is 6.99. The van der Waals surface area contributed by atoms with E-state index in [0.717, 1.165) is 72.5 Å². The van der Waals surface area contributed by atoms with Crippen molar-refractivity contribution in [3.63, 3.8) is 0 Å². The first-order valence-corrected chi connectivity index (χ1v) is 14.2. The van der Waals surface area contributed by atoms with E-state index in [0.29, 0.717) is 36.0 Å². The summed E-state index contributed by atoms with van der Waals surface area (Å²) in [6.45, 7) is 8.62. The number of anilines is 2. The van der Waals surface area contributed by atoms with Gasteiger partial charge in [-0.2, -0.15) is 0 Å². The van der Waals surface area contributed by atoms with Crippen molar-refractivity contribution in [2.75, 3.05) is 38.2 Å². The number of rotatable bonds is 11. The Bertz CT molecular complexity index is 1480. The highest BCUT2D eigenvalue weighted by atomic mass is 35.5. The Morgan fingerprint density at radius 3 is 2.70 bits per heavy atom. The summed E-state index contributed by atoms with van der Waals surface area (Å²) in [5.74, 6) is 2.54. The fraction of sp³-hybridized carbons (Fsp3) is 0.387. The molecule has 2 aromatic heterocycles. The number of halogens is 1. The van der Waals surface area contributed by atoms with Gasteiger partial charge in [0.15, 0.2) is 0 Å². The maximum absolute atomic E-state index is 12.6. The van der Waals surface area contributed by atoms with Crippen LogP contribution in [0.3, 0.4) is 0 Å². The van der Waals surface area contributed by atoms with Gasteiger partial charge >= 0.3 is 0 Å². The Labute approximate surface area is 240 Å². The number of benzene rings is 2. The minimum atomic E-state index is 0.189. The lowest BCUT2D eigenvalue weighted by Crippen LogP contribution is -2.37. The number of carbonyl (C=O) groups is 1. The molecule has 0 spiro atoms. The molecule has 1 saturated heterocycles. The number of pyridine rings is 1. The van der Waals surface area contributed by atoms with Crippen LogP contribution in [-0.2, 0) is 23.0 Å². The molecule has 40 heavy (non-hydrogen) atoms. The highest BCUT2D eigenvalue weighted by Crippen LogP contribution is 2.31. The SMILES string of the molecule is CC(C)c1cc(Nc2nc3cc(Oc4ccnc(CC(=O)CCCN5CCOCC5)c4)ccc3n2C)ccc1Cl. The van der Waals surface area contributed by atoms with Crippen LogP contribution < -0.4 is 10.1 Å². The highest BCUT2D eigenvalue weighted by molar-refractivity contribution is 6.31. The molecular formula is C31H36ClN5O3. The number of hydrogen-bond acceptors (Lipinski definition) is 7. The Kier molecular flexibility index (Phi) is 8.99. The number of morpholine rings is 1. The van der Waals surface area contributed by atoms with Crippen LogP contribution in [0.4, 0.5) is 11.6 Å². The van der Waals surface area contributed by atoms with Gasteiger partial charge in [0.05, 0.1) is 29.9 Å². The average molecular weight is 562 g/mol. The molecule has 0 saturated carbocycles. The maximum Gasteiger partial charge on any atom is 0.208 e. The van der Waals surface area contributed by atoms with Crippen molar-refractivity contribution >= 4 is 40.1 Å². The van der Waals surface area contributed by atoms with E-state index >= 15 is 0 Å². The number of nitrogens with one attached hydrogen (secondary N) is 1. The lowest BCUT2D eigenvalue weighted by atomic mass is 10.0. The van der Waals surface area contributed by atoms with Crippen LogP contribution >= 0.6 is 11.6 Å². The topological polar surface area (TPSA) is 81.5 Å². The number of carbonyl (C=O) groups excluding carboxylic acids is 1. The van der Waals surface area contributed by atoms with Crippen molar-refractivity contribution in [2.24, 2.45) is 7.05 Å². The number of fused-ring (bicyclic) bond motifs is 1. The van der Waals surface area contributed by atoms with E-state index < -0.39 is 0 Å². The van der Waals surface area contributed by atoms with Crippen LogP contribution in [-0.4, -0.2) is 58.1 Å². The lowest BCUT2D eigenvalue weighted by Gasteiger charge is -2.26. The molecule has 0 radical (unpaired) electrons. The number of hydrogen-bond donors (Lipinski definition) is 1. The maximum atomic E-state index is 12.6. The van der Waals surface area contributed by atoms with E-state index in [2.05, 4.69) is 35.1 Å². The molecule has 0 amide bonds. The van der Waals surface area contributed by atoms with E-state index in [1.54, 1.807) is 12.3 Å². The second-order valence-corrected chi connectivity index (χ2v) is 10.9. The van der Waals surface area contributed by atoms with Gasteiger partial charge in [0.2, 0.25) is 5.95 Å². The number of aryl methyl sites for hydroxylation is 1. The predicted molar refractivity (Wildman–Crippen MR) is 159 cm³/mol. The van der Waals surface area contributed by atoms with Crippen molar-refractivity contribution in [1.29, 1.82) is 0 Å². The van der Waals surface area contributed by atoms with Gasteiger partial charge in [-0.15, -0.1) is 0 Å². The second kappa shape index (κ2) is 12.8. The van der Waals surface area contributed by atoms with Gasteiger partial charge in [0.25, 0.3) is 0 Å². The van der Waals surface area contributed by atoms with E-state index in [1.807, 2.05) is 48.0 Å². The smallest absolute Gasteiger partial charge is 0.208 e. The fourth-order valence-corrected chi connectivity index (χ4v) is 5.25. The van der Waals surface area contributed by atoms with Gasteiger partial charge < -0.3 is 19.4 Å². The second-order valence-electron chi connectivity index (χ2n) is 10.5. The molecule has 210 valence electrons. The molecule has 0 unspecified atom stereocenters. The largest absolute Gasteiger partial charge is 0.457 e. The average Bonchev–Trinajstić information content (AvgIpc) is 3.24. The Balaban J connectivity index is 1.22. The minimum Gasteiger partial charge on any atom is -0.457 e. The normalized spacial score (nSPS) is 14.1. The summed E-state index contributed by atoms with van der Waals surface area (Å²) in [5, 5.41) is 4.18. The zero-order valence-electron chi connectivity index (χ0n) is 23.3. The van der Waals surface area contributed by atoms with Gasteiger partial charge in [0.1, 0.15) is 17.3 Å². The molecule has 9 heteroatoms. The molecule has 3 heterocycles. The van der Waals surface area contributed by atoms with Gasteiger partial charge in [-0.1, -0.05) is 25.4 Å². The van der Waals surface area contributed by atoms with E-state index in [9.17, 15) is 4.79 Å². The molecule has 0 atom stereocenters. The molecule has 4 aromatic rings. The standard InChI is InChI=1S/C31H36ClN5O3/c1-21(2)27-19-22(6-8-28(27)32)34-31-35-29-20-25(7-9-30(29)36(31)3)40-26-10-11-33-23(18-26)17-24(38)5-4-12-37-13-15-39-16-14-37/h6-11,18-21H,4-5,12-17H2,1-3H3,(H,34,35). The van der Waals surface area contributed by atoms with Gasteiger partial charge in [-0.05, 0) is 60.8 Å². The van der Waals surface area contributed by atoms with E-state index in [1.165, 1.54) is 0 Å². The van der Waals surface area contributed by atoms with E-state index in [-0.39, 0.29) is 5.78 Å².